The highest BCUT2D eigenvalue weighted by Gasteiger charge is 2.46. The van der Waals surface area contributed by atoms with Crippen LogP contribution in [0.2, 0.25) is 0 Å². The molecule has 5 heteroatoms. The van der Waals surface area contributed by atoms with Crippen LogP contribution in [0.25, 0.3) is 0 Å². The molecule has 5 nitrogen and oxygen atoms in total. The summed E-state index contributed by atoms with van der Waals surface area (Å²) in [7, 11) is 0. The van der Waals surface area contributed by atoms with Crippen LogP contribution in [-0.4, -0.2) is 57.6 Å². The molecule has 3 heterocycles. The summed E-state index contributed by atoms with van der Waals surface area (Å²) in [4.78, 5) is 20.5. The van der Waals surface area contributed by atoms with Gasteiger partial charge in [0.2, 0.25) is 5.91 Å². The smallest absolute Gasteiger partial charge is 0.224 e. The molecule has 1 aromatic heterocycles. The van der Waals surface area contributed by atoms with E-state index in [4.69, 9.17) is 5.11 Å². The van der Waals surface area contributed by atoms with Crippen LogP contribution >= 0.6 is 0 Å². The molecular formula is C14H19N3O2. The third-order valence-electron chi connectivity index (χ3n) is 4.16. The topological polar surface area (TPSA) is 56.7 Å². The Labute approximate surface area is 112 Å². The van der Waals surface area contributed by atoms with Crippen molar-refractivity contribution in [3.63, 3.8) is 0 Å². The quantitative estimate of drug-likeness (QED) is 0.844. The maximum Gasteiger partial charge on any atom is 0.224 e. The lowest BCUT2D eigenvalue weighted by atomic mass is 10.1. The Bertz CT molecular complexity index is 451. The number of hydrogen-bond donors (Lipinski definition) is 1. The van der Waals surface area contributed by atoms with Crippen molar-refractivity contribution in [2.24, 2.45) is 0 Å². The minimum Gasteiger partial charge on any atom is -0.395 e. The zero-order valence-corrected chi connectivity index (χ0v) is 10.9. The first-order valence-corrected chi connectivity index (χ1v) is 6.84. The summed E-state index contributed by atoms with van der Waals surface area (Å²) in [5, 5.41) is 9.05. The molecule has 102 valence electrons. The molecule has 0 bridgehead atoms. The predicted molar refractivity (Wildman–Crippen MR) is 70.3 cm³/mol. The summed E-state index contributed by atoms with van der Waals surface area (Å²) < 4.78 is 0. The maximum atomic E-state index is 11.9. The molecule has 3 rings (SSSR count). The summed E-state index contributed by atoms with van der Waals surface area (Å²) in [5.41, 5.74) is 1.05. The highest BCUT2D eigenvalue weighted by Crippen LogP contribution is 2.32. The predicted octanol–water partition coefficient (Wildman–Crippen LogP) is 0.249. The number of aliphatic hydroxyl groups is 1. The molecule has 0 saturated carbocycles. The molecule has 2 fully saturated rings. The molecule has 1 aromatic rings. The van der Waals surface area contributed by atoms with Gasteiger partial charge in [-0.25, -0.2) is 0 Å². The second-order valence-electron chi connectivity index (χ2n) is 5.23. The van der Waals surface area contributed by atoms with Crippen LogP contribution in [0.4, 0.5) is 0 Å². The lowest BCUT2D eigenvalue weighted by Gasteiger charge is -2.24. The van der Waals surface area contributed by atoms with Gasteiger partial charge in [0.05, 0.1) is 12.3 Å². The van der Waals surface area contributed by atoms with E-state index in [0.29, 0.717) is 19.0 Å². The van der Waals surface area contributed by atoms with E-state index < -0.39 is 0 Å². The second-order valence-corrected chi connectivity index (χ2v) is 5.23. The Morgan fingerprint density at radius 1 is 1.37 bits per heavy atom. The fourth-order valence-electron chi connectivity index (χ4n) is 3.30. The molecule has 0 spiro atoms. The zero-order chi connectivity index (χ0) is 13.2. The first kappa shape index (κ1) is 12.6. The Kier molecular flexibility index (Phi) is 3.48. The van der Waals surface area contributed by atoms with Crippen LogP contribution in [0, 0.1) is 0 Å². The minimum absolute atomic E-state index is 0.0508. The van der Waals surface area contributed by atoms with Gasteiger partial charge in [0.1, 0.15) is 0 Å². The number of amides is 1. The summed E-state index contributed by atoms with van der Waals surface area (Å²) in [5.74, 6) is 0.176. The van der Waals surface area contributed by atoms with Gasteiger partial charge in [-0.15, -0.1) is 0 Å². The first-order chi connectivity index (χ1) is 9.29. The number of fused-ring (bicyclic) bond motifs is 1. The van der Waals surface area contributed by atoms with Crippen molar-refractivity contribution < 1.29 is 9.90 Å². The van der Waals surface area contributed by atoms with Crippen molar-refractivity contribution in [1.29, 1.82) is 0 Å². The summed E-state index contributed by atoms with van der Waals surface area (Å²) in [6, 6.07) is 6.51. The molecule has 2 atom stereocenters. The third kappa shape index (κ3) is 2.35. The molecule has 2 saturated heterocycles. The number of aromatic nitrogens is 1. The van der Waals surface area contributed by atoms with Crippen molar-refractivity contribution in [2.45, 2.75) is 31.5 Å². The van der Waals surface area contributed by atoms with Gasteiger partial charge in [-0.2, -0.15) is 0 Å². The van der Waals surface area contributed by atoms with E-state index in [1.54, 1.807) is 6.20 Å². The number of carbonyl (C=O) groups excluding carboxylic acids is 1. The molecule has 1 amide bonds. The number of hydrogen-bond acceptors (Lipinski definition) is 4. The SMILES string of the molecule is O=C1C[C@@H]2[C@H](CCN2Cc2ccccn2)N1CCO. The molecule has 0 radical (unpaired) electrons. The monoisotopic (exact) mass is 261 g/mol. The Morgan fingerprint density at radius 3 is 3.00 bits per heavy atom. The summed E-state index contributed by atoms with van der Waals surface area (Å²) in [6.07, 6.45) is 3.39. The van der Waals surface area contributed by atoms with E-state index in [1.165, 1.54) is 0 Å². The Balaban J connectivity index is 1.69. The molecule has 0 unspecified atom stereocenters. The van der Waals surface area contributed by atoms with E-state index in [9.17, 15) is 4.79 Å². The van der Waals surface area contributed by atoms with Crippen LogP contribution in [0.15, 0.2) is 24.4 Å². The van der Waals surface area contributed by atoms with Gasteiger partial charge in [0.25, 0.3) is 0 Å². The fraction of sp³-hybridized carbons (Fsp3) is 0.571. The van der Waals surface area contributed by atoms with Crippen LogP contribution in [0.1, 0.15) is 18.5 Å². The van der Waals surface area contributed by atoms with Gasteiger partial charge in [-0.1, -0.05) is 6.07 Å². The van der Waals surface area contributed by atoms with Crippen molar-refractivity contribution in [3.05, 3.63) is 30.1 Å². The van der Waals surface area contributed by atoms with Crippen LogP contribution in [0.3, 0.4) is 0 Å². The Hall–Kier alpha value is -1.46. The van der Waals surface area contributed by atoms with Crippen molar-refractivity contribution >= 4 is 5.91 Å². The van der Waals surface area contributed by atoms with E-state index in [2.05, 4.69) is 9.88 Å². The molecule has 0 aromatic carbocycles. The number of nitrogens with zero attached hydrogens (tertiary/aromatic N) is 3. The number of aliphatic hydroxyl groups excluding tert-OH is 1. The van der Waals surface area contributed by atoms with Gasteiger partial charge in [0, 0.05) is 44.3 Å². The Morgan fingerprint density at radius 2 is 2.26 bits per heavy atom. The van der Waals surface area contributed by atoms with Gasteiger partial charge in [0.15, 0.2) is 0 Å². The number of pyridine rings is 1. The average Bonchev–Trinajstić information content (AvgIpc) is 2.93. The van der Waals surface area contributed by atoms with E-state index in [-0.39, 0.29) is 18.6 Å². The van der Waals surface area contributed by atoms with Crippen LogP contribution < -0.4 is 0 Å². The highest BCUT2D eigenvalue weighted by molar-refractivity contribution is 5.80. The lowest BCUT2D eigenvalue weighted by Crippen LogP contribution is -2.38. The van der Waals surface area contributed by atoms with Gasteiger partial charge in [-0.05, 0) is 18.6 Å². The third-order valence-corrected chi connectivity index (χ3v) is 4.16. The normalized spacial score (nSPS) is 27.0. The van der Waals surface area contributed by atoms with Crippen molar-refractivity contribution in [3.8, 4) is 0 Å². The van der Waals surface area contributed by atoms with E-state index >= 15 is 0 Å². The summed E-state index contributed by atoms with van der Waals surface area (Å²) in [6.45, 7) is 2.33. The largest absolute Gasteiger partial charge is 0.395 e. The number of rotatable bonds is 4. The summed E-state index contributed by atoms with van der Waals surface area (Å²) >= 11 is 0. The van der Waals surface area contributed by atoms with Gasteiger partial charge in [-0.3, -0.25) is 14.7 Å². The number of likely N-dealkylation sites (tertiary alicyclic amines) is 2. The fourth-order valence-corrected chi connectivity index (χ4v) is 3.30. The molecule has 2 aliphatic rings. The van der Waals surface area contributed by atoms with Crippen molar-refractivity contribution in [1.82, 2.24) is 14.8 Å². The van der Waals surface area contributed by atoms with Crippen LogP contribution in [0.5, 0.6) is 0 Å². The number of carbonyl (C=O) groups is 1. The average molecular weight is 261 g/mol. The molecule has 19 heavy (non-hydrogen) atoms. The molecule has 0 aliphatic carbocycles. The molecule has 1 N–H and O–H groups in total. The van der Waals surface area contributed by atoms with Gasteiger partial charge < -0.3 is 10.0 Å². The highest BCUT2D eigenvalue weighted by atomic mass is 16.3. The van der Waals surface area contributed by atoms with Crippen molar-refractivity contribution in [2.75, 3.05) is 19.7 Å². The number of β-amino-alcohol motifs (C(OH)–C–C–N with tert-alkyl or cyclic N) is 1. The molecule has 2 aliphatic heterocycles. The van der Waals surface area contributed by atoms with E-state index in [0.717, 1.165) is 25.2 Å². The maximum absolute atomic E-state index is 11.9. The standard InChI is InChI=1S/C14H19N3O2/c18-8-7-17-12-4-6-16(13(12)9-14(17)19)10-11-3-1-2-5-15-11/h1-3,5,12-13,18H,4,6-10H2/t12-,13+/m0/s1. The van der Waals surface area contributed by atoms with E-state index in [1.807, 2.05) is 23.1 Å². The second kappa shape index (κ2) is 5.27. The first-order valence-electron chi connectivity index (χ1n) is 6.84. The lowest BCUT2D eigenvalue weighted by molar-refractivity contribution is -0.129. The van der Waals surface area contributed by atoms with Crippen LogP contribution in [-0.2, 0) is 11.3 Å². The van der Waals surface area contributed by atoms with Gasteiger partial charge >= 0.3 is 0 Å². The minimum atomic E-state index is 0.0508. The molecular weight excluding hydrogens is 242 g/mol. The zero-order valence-electron chi connectivity index (χ0n) is 10.9.